The van der Waals surface area contributed by atoms with Gasteiger partial charge < -0.3 is 0 Å². The van der Waals surface area contributed by atoms with Crippen LogP contribution in [0.15, 0.2) is 35.4 Å². The Balaban J connectivity index is 2.03. The molecule has 0 amide bonds. The lowest BCUT2D eigenvalue weighted by Crippen LogP contribution is -2.14. The van der Waals surface area contributed by atoms with Crippen molar-refractivity contribution in [3.63, 3.8) is 0 Å². The summed E-state index contributed by atoms with van der Waals surface area (Å²) in [5.74, 6) is 0. The first-order valence-corrected chi connectivity index (χ1v) is 8.74. The molecule has 0 saturated heterocycles. The molecule has 0 saturated carbocycles. The van der Waals surface area contributed by atoms with E-state index in [2.05, 4.69) is 14.8 Å². The Labute approximate surface area is 143 Å². The largest absolute Gasteiger partial charge is 0.278 e. The summed E-state index contributed by atoms with van der Waals surface area (Å²) < 4.78 is 29.3. The summed E-state index contributed by atoms with van der Waals surface area (Å²) in [6.45, 7) is 3.37. The van der Waals surface area contributed by atoms with E-state index in [0.29, 0.717) is 11.2 Å². The molecule has 3 aromatic rings. The van der Waals surface area contributed by atoms with Gasteiger partial charge in [0, 0.05) is 24.6 Å². The molecule has 2 aromatic heterocycles. The fourth-order valence-electron chi connectivity index (χ4n) is 2.57. The fraction of sp³-hybridized carbons (Fsp3) is 0.200. The third-order valence-electron chi connectivity index (χ3n) is 3.79. The van der Waals surface area contributed by atoms with Crippen molar-refractivity contribution in [1.29, 1.82) is 0 Å². The number of fused-ring (bicyclic) bond motifs is 1. The Bertz CT molecular complexity index is 1100. The van der Waals surface area contributed by atoms with Gasteiger partial charge in [0.1, 0.15) is 0 Å². The number of aromatic nitrogens is 3. The molecule has 10 heteroatoms. The molecule has 0 aliphatic carbocycles. The molecule has 0 atom stereocenters. The average molecular weight is 361 g/mol. The van der Waals surface area contributed by atoms with Gasteiger partial charge >= 0.3 is 0 Å². The van der Waals surface area contributed by atoms with Crippen molar-refractivity contribution in [2.24, 2.45) is 7.05 Å². The van der Waals surface area contributed by atoms with E-state index in [4.69, 9.17) is 0 Å². The van der Waals surface area contributed by atoms with E-state index in [9.17, 15) is 18.5 Å². The van der Waals surface area contributed by atoms with Crippen LogP contribution in [0.25, 0.3) is 11.0 Å². The Morgan fingerprint density at radius 2 is 1.96 bits per heavy atom. The monoisotopic (exact) mass is 361 g/mol. The van der Waals surface area contributed by atoms with Crippen molar-refractivity contribution < 1.29 is 13.3 Å². The molecule has 0 unspecified atom stereocenters. The third-order valence-corrected chi connectivity index (χ3v) is 5.31. The molecule has 0 spiro atoms. The van der Waals surface area contributed by atoms with E-state index in [-0.39, 0.29) is 16.3 Å². The number of hydrogen-bond acceptors (Lipinski definition) is 6. The minimum Gasteiger partial charge on any atom is -0.278 e. The molecular weight excluding hydrogens is 346 g/mol. The van der Waals surface area contributed by atoms with Gasteiger partial charge in [0.2, 0.25) is 0 Å². The molecule has 0 bridgehead atoms. The molecule has 0 aliphatic heterocycles. The number of nitro groups is 1. The average Bonchev–Trinajstić information content (AvgIpc) is 2.81. The van der Waals surface area contributed by atoms with Crippen LogP contribution >= 0.6 is 0 Å². The standard InChI is InChI=1S/C15H15N5O4S/c1-9-4-5-12(20(21)22)7-14(9)25(23,24)18-11-6-13-10(2)17-19(3)15(13)16-8-11/h4-8,18H,1-3H3. The highest BCUT2D eigenvalue weighted by Gasteiger charge is 2.21. The topological polar surface area (TPSA) is 120 Å². The van der Waals surface area contributed by atoms with Crippen molar-refractivity contribution in [1.82, 2.24) is 14.8 Å². The zero-order valence-electron chi connectivity index (χ0n) is 13.7. The smallest absolute Gasteiger partial charge is 0.270 e. The number of rotatable bonds is 4. The highest BCUT2D eigenvalue weighted by atomic mass is 32.2. The van der Waals surface area contributed by atoms with Crippen LogP contribution in [0, 0.1) is 24.0 Å². The number of pyridine rings is 1. The molecule has 1 N–H and O–H groups in total. The first-order valence-electron chi connectivity index (χ1n) is 7.26. The van der Waals surface area contributed by atoms with Crippen LogP contribution in [0.4, 0.5) is 11.4 Å². The van der Waals surface area contributed by atoms with E-state index < -0.39 is 14.9 Å². The SMILES string of the molecule is Cc1ccc([N+](=O)[O-])cc1S(=O)(=O)Nc1cnc2c(c1)c(C)nn2C. The molecule has 2 heterocycles. The molecule has 0 aliphatic rings. The van der Waals surface area contributed by atoms with Crippen molar-refractivity contribution in [2.45, 2.75) is 18.7 Å². The lowest BCUT2D eigenvalue weighted by atomic mass is 10.2. The van der Waals surface area contributed by atoms with Crippen LogP contribution in [0.1, 0.15) is 11.3 Å². The second kappa shape index (κ2) is 5.81. The molecular formula is C15H15N5O4S. The maximum absolute atomic E-state index is 12.6. The first kappa shape index (κ1) is 16.8. The van der Waals surface area contributed by atoms with Gasteiger partial charge in [-0.25, -0.2) is 13.4 Å². The number of nitrogens with one attached hydrogen (secondary N) is 1. The van der Waals surface area contributed by atoms with Gasteiger partial charge in [0.15, 0.2) is 5.65 Å². The molecule has 9 nitrogen and oxygen atoms in total. The zero-order valence-corrected chi connectivity index (χ0v) is 14.5. The summed E-state index contributed by atoms with van der Waals surface area (Å²) in [5.41, 5.74) is 1.73. The van der Waals surface area contributed by atoms with Gasteiger partial charge in [0.25, 0.3) is 15.7 Å². The first-order chi connectivity index (χ1) is 11.7. The number of nitro benzene ring substituents is 1. The van der Waals surface area contributed by atoms with Crippen molar-refractivity contribution >= 4 is 32.4 Å². The summed E-state index contributed by atoms with van der Waals surface area (Å²) in [5, 5.41) is 15.9. The van der Waals surface area contributed by atoms with E-state index in [1.807, 2.05) is 0 Å². The molecule has 0 fully saturated rings. The van der Waals surface area contributed by atoms with E-state index in [1.165, 1.54) is 18.3 Å². The lowest BCUT2D eigenvalue weighted by molar-refractivity contribution is -0.385. The maximum Gasteiger partial charge on any atom is 0.270 e. The van der Waals surface area contributed by atoms with Gasteiger partial charge in [-0.1, -0.05) is 6.07 Å². The van der Waals surface area contributed by atoms with Crippen LogP contribution < -0.4 is 4.72 Å². The van der Waals surface area contributed by atoms with E-state index in [1.54, 1.807) is 31.6 Å². The minimum absolute atomic E-state index is 0.148. The predicted molar refractivity (Wildman–Crippen MR) is 91.9 cm³/mol. The highest BCUT2D eigenvalue weighted by molar-refractivity contribution is 7.92. The number of sulfonamides is 1. The molecule has 130 valence electrons. The molecule has 3 rings (SSSR count). The molecule has 25 heavy (non-hydrogen) atoms. The van der Waals surface area contributed by atoms with Crippen LogP contribution in [0.5, 0.6) is 0 Å². The van der Waals surface area contributed by atoms with Crippen molar-refractivity contribution in [3.05, 3.63) is 51.8 Å². The number of hydrogen-bond donors (Lipinski definition) is 1. The van der Waals surface area contributed by atoms with Crippen LogP contribution in [-0.2, 0) is 17.1 Å². The van der Waals surface area contributed by atoms with Gasteiger partial charge in [-0.15, -0.1) is 0 Å². The third kappa shape index (κ3) is 3.03. The van der Waals surface area contributed by atoms with E-state index in [0.717, 1.165) is 17.1 Å². The summed E-state index contributed by atoms with van der Waals surface area (Å²) in [4.78, 5) is 14.3. The summed E-state index contributed by atoms with van der Waals surface area (Å²) in [6.07, 6.45) is 1.38. The molecule has 0 radical (unpaired) electrons. The predicted octanol–water partition coefficient (Wildman–Crippen LogP) is 2.29. The van der Waals surface area contributed by atoms with Gasteiger partial charge in [-0.2, -0.15) is 5.10 Å². The summed E-state index contributed by atoms with van der Waals surface area (Å²) >= 11 is 0. The zero-order chi connectivity index (χ0) is 18.4. The Kier molecular flexibility index (Phi) is 3.91. The Morgan fingerprint density at radius 1 is 1.24 bits per heavy atom. The van der Waals surface area contributed by atoms with Crippen molar-refractivity contribution in [3.8, 4) is 0 Å². The minimum atomic E-state index is -4.00. The fourth-order valence-corrected chi connectivity index (χ4v) is 3.87. The Hall–Kier alpha value is -3.01. The van der Waals surface area contributed by atoms with Crippen LogP contribution in [-0.4, -0.2) is 28.1 Å². The lowest BCUT2D eigenvalue weighted by Gasteiger charge is -2.10. The van der Waals surface area contributed by atoms with Gasteiger partial charge in [-0.05, 0) is 25.5 Å². The maximum atomic E-state index is 12.6. The number of nitrogens with zero attached hydrogens (tertiary/aromatic N) is 4. The second-order valence-corrected chi connectivity index (χ2v) is 7.27. The Morgan fingerprint density at radius 3 is 2.64 bits per heavy atom. The molecule has 1 aromatic carbocycles. The van der Waals surface area contributed by atoms with Crippen molar-refractivity contribution in [2.75, 3.05) is 4.72 Å². The van der Waals surface area contributed by atoms with Crippen LogP contribution in [0.2, 0.25) is 0 Å². The second-order valence-electron chi connectivity index (χ2n) is 5.62. The number of anilines is 1. The number of non-ortho nitro benzene ring substituents is 1. The quantitative estimate of drug-likeness (QED) is 0.562. The van der Waals surface area contributed by atoms with Gasteiger partial charge in [0.05, 0.1) is 27.4 Å². The highest BCUT2D eigenvalue weighted by Crippen LogP contribution is 2.25. The van der Waals surface area contributed by atoms with E-state index >= 15 is 0 Å². The number of aryl methyl sites for hydroxylation is 3. The summed E-state index contributed by atoms with van der Waals surface area (Å²) in [7, 11) is -2.25. The van der Waals surface area contributed by atoms with Crippen LogP contribution in [0.3, 0.4) is 0 Å². The normalized spacial score (nSPS) is 11.6. The number of benzene rings is 1. The summed E-state index contributed by atoms with van der Waals surface area (Å²) in [6, 6.07) is 5.34. The van der Waals surface area contributed by atoms with Gasteiger partial charge in [-0.3, -0.25) is 19.5 Å².